The van der Waals surface area contributed by atoms with Crippen molar-refractivity contribution in [3.05, 3.63) is 83.4 Å². The van der Waals surface area contributed by atoms with Crippen LogP contribution in [0.15, 0.2) is 71.6 Å². The molecule has 0 saturated heterocycles. The average molecular weight is 553 g/mol. The molecule has 0 fully saturated rings. The molecule has 1 aliphatic rings. The molecule has 208 valence electrons. The molecule has 8 nitrogen and oxygen atoms in total. The number of aryl methyl sites for hydroxylation is 1. The molecule has 0 saturated carbocycles. The van der Waals surface area contributed by atoms with Crippen LogP contribution in [0.5, 0.6) is 5.75 Å². The fourth-order valence-corrected chi connectivity index (χ4v) is 6.77. The predicted molar refractivity (Wildman–Crippen MR) is 150 cm³/mol. The number of aliphatic hydroxyl groups is 1. The molecule has 0 amide bonds. The molecule has 3 atom stereocenters. The van der Waals surface area contributed by atoms with E-state index in [0.717, 1.165) is 22.3 Å². The fraction of sp³-hybridized carbons (Fsp3) is 0.367. The molecule has 1 aliphatic heterocycles. The van der Waals surface area contributed by atoms with Crippen molar-refractivity contribution in [1.82, 2.24) is 9.21 Å². The Kier molecular flexibility index (Phi) is 8.76. The van der Waals surface area contributed by atoms with Crippen LogP contribution in [0.3, 0.4) is 0 Å². The number of carboxylic acids is 1. The van der Waals surface area contributed by atoms with Gasteiger partial charge in [-0.2, -0.15) is 4.31 Å². The number of ether oxygens (including phenoxy) is 1. The third-order valence-corrected chi connectivity index (χ3v) is 9.29. The van der Waals surface area contributed by atoms with Gasteiger partial charge in [-0.05, 0) is 67.4 Å². The lowest BCUT2D eigenvalue weighted by molar-refractivity contribution is 0.0697. The van der Waals surface area contributed by atoms with E-state index in [1.807, 2.05) is 45.2 Å². The summed E-state index contributed by atoms with van der Waals surface area (Å²) in [4.78, 5) is 13.3. The van der Waals surface area contributed by atoms with E-state index in [2.05, 4.69) is 4.90 Å². The van der Waals surface area contributed by atoms with Crippen molar-refractivity contribution in [2.75, 3.05) is 26.7 Å². The van der Waals surface area contributed by atoms with E-state index in [9.17, 15) is 18.3 Å². The van der Waals surface area contributed by atoms with Crippen LogP contribution < -0.4 is 4.74 Å². The Hall–Kier alpha value is -3.24. The summed E-state index contributed by atoms with van der Waals surface area (Å²) in [5, 5.41) is 19.1. The second-order valence-electron chi connectivity index (χ2n) is 10.4. The molecule has 0 aliphatic carbocycles. The minimum absolute atomic E-state index is 0.0870. The summed E-state index contributed by atoms with van der Waals surface area (Å²) in [7, 11) is -1.97. The standard InChI is InChI=1S/C30H36N2O6S/c1-20-7-5-6-8-26(20)25-13-14-29-27(15-25)38-28(21(2)16-32(22(3)19-33)39(29,36)37)18-31(4)17-23-9-11-24(12-10-23)30(34)35/h5-15,21-22,28,33H,16-19H2,1-4H3,(H,34,35)/t21-,22+,28+/m0/s1. The van der Waals surface area contributed by atoms with Crippen molar-refractivity contribution >= 4 is 16.0 Å². The highest BCUT2D eigenvalue weighted by Crippen LogP contribution is 2.37. The van der Waals surface area contributed by atoms with Gasteiger partial charge >= 0.3 is 5.97 Å². The van der Waals surface area contributed by atoms with Gasteiger partial charge in [0.2, 0.25) is 10.0 Å². The maximum absolute atomic E-state index is 13.8. The van der Waals surface area contributed by atoms with Crippen molar-refractivity contribution in [2.45, 2.75) is 44.4 Å². The number of aliphatic hydroxyl groups excluding tert-OH is 1. The molecule has 2 N–H and O–H groups in total. The van der Waals surface area contributed by atoms with Crippen LogP contribution in [-0.4, -0.2) is 72.7 Å². The van der Waals surface area contributed by atoms with Crippen LogP contribution in [-0.2, 0) is 16.6 Å². The van der Waals surface area contributed by atoms with E-state index in [4.69, 9.17) is 9.84 Å². The van der Waals surface area contributed by atoms with E-state index >= 15 is 0 Å². The highest BCUT2D eigenvalue weighted by Gasteiger charge is 2.38. The van der Waals surface area contributed by atoms with Gasteiger partial charge in [0.25, 0.3) is 0 Å². The van der Waals surface area contributed by atoms with E-state index in [1.54, 1.807) is 49.4 Å². The number of benzene rings is 3. The topological polar surface area (TPSA) is 107 Å². The van der Waals surface area contributed by atoms with Gasteiger partial charge in [0, 0.05) is 31.6 Å². The van der Waals surface area contributed by atoms with Crippen LogP contribution in [0.1, 0.15) is 35.3 Å². The van der Waals surface area contributed by atoms with Crippen molar-refractivity contribution < 1.29 is 28.2 Å². The van der Waals surface area contributed by atoms with Gasteiger partial charge < -0.3 is 14.9 Å². The number of carboxylic acid groups (broad SMARTS) is 1. The Morgan fingerprint density at radius 3 is 2.46 bits per heavy atom. The first-order chi connectivity index (χ1) is 18.5. The molecule has 9 heteroatoms. The molecule has 1 heterocycles. The van der Waals surface area contributed by atoms with E-state index < -0.39 is 22.0 Å². The predicted octanol–water partition coefficient (Wildman–Crippen LogP) is 4.26. The maximum atomic E-state index is 13.8. The van der Waals surface area contributed by atoms with E-state index in [-0.39, 0.29) is 35.6 Å². The van der Waals surface area contributed by atoms with E-state index in [1.165, 1.54) is 4.31 Å². The molecule has 4 rings (SSSR count). The molecular formula is C30H36N2O6S. The lowest BCUT2D eigenvalue weighted by Gasteiger charge is -2.37. The summed E-state index contributed by atoms with van der Waals surface area (Å²) in [5.41, 5.74) is 4.12. The molecule has 3 aromatic rings. The first kappa shape index (κ1) is 28.8. The number of rotatable bonds is 8. The second kappa shape index (κ2) is 11.9. The molecule has 0 bridgehead atoms. The lowest BCUT2D eigenvalue weighted by Crippen LogP contribution is -2.49. The zero-order chi connectivity index (χ0) is 28.3. The van der Waals surface area contributed by atoms with Crippen molar-refractivity contribution in [2.24, 2.45) is 5.92 Å². The summed E-state index contributed by atoms with van der Waals surface area (Å²) in [6, 6.07) is 19.3. The SMILES string of the molecule is Cc1ccccc1-c1ccc2c(c1)O[C@H](CN(C)Cc1ccc(C(=O)O)cc1)[C@@H](C)CN([C@H](C)CO)S2(=O)=O. The smallest absolute Gasteiger partial charge is 0.335 e. The monoisotopic (exact) mass is 552 g/mol. The first-order valence-electron chi connectivity index (χ1n) is 13.0. The molecular weight excluding hydrogens is 516 g/mol. The molecule has 0 aromatic heterocycles. The number of hydrogen-bond acceptors (Lipinski definition) is 6. The van der Waals surface area contributed by atoms with Gasteiger partial charge in [-0.25, -0.2) is 13.2 Å². The van der Waals surface area contributed by atoms with Crippen molar-refractivity contribution in [1.29, 1.82) is 0 Å². The van der Waals surface area contributed by atoms with Crippen molar-refractivity contribution in [3.63, 3.8) is 0 Å². The number of hydrogen-bond donors (Lipinski definition) is 2. The summed E-state index contributed by atoms with van der Waals surface area (Å²) < 4.78 is 35.4. The van der Waals surface area contributed by atoms with Crippen LogP contribution in [0, 0.1) is 12.8 Å². The molecule has 3 aromatic carbocycles. The quantitative estimate of drug-likeness (QED) is 0.430. The number of likely N-dealkylation sites (N-methyl/N-ethyl adjacent to an activating group) is 1. The third-order valence-electron chi connectivity index (χ3n) is 7.27. The summed E-state index contributed by atoms with van der Waals surface area (Å²) >= 11 is 0. The second-order valence-corrected chi connectivity index (χ2v) is 12.3. The molecule has 0 spiro atoms. The Morgan fingerprint density at radius 2 is 1.82 bits per heavy atom. The first-order valence-corrected chi connectivity index (χ1v) is 14.5. The highest BCUT2D eigenvalue weighted by molar-refractivity contribution is 7.89. The Labute approximate surface area is 230 Å². The van der Waals surface area contributed by atoms with Crippen LogP contribution >= 0.6 is 0 Å². The largest absolute Gasteiger partial charge is 0.487 e. The average Bonchev–Trinajstić information content (AvgIpc) is 2.90. The van der Waals surface area contributed by atoms with Gasteiger partial charge in [-0.15, -0.1) is 0 Å². The van der Waals surface area contributed by atoms with Gasteiger partial charge in [-0.3, -0.25) is 4.90 Å². The number of carbonyl (C=O) groups is 1. The fourth-order valence-electron chi connectivity index (χ4n) is 4.94. The minimum atomic E-state index is -3.92. The number of fused-ring (bicyclic) bond motifs is 1. The van der Waals surface area contributed by atoms with Gasteiger partial charge in [0.15, 0.2) is 0 Å². The third kappa shape index (κ3) is 6.33. The summed E-state index contributed by atoms with van der Waals surface area (Å²) in [5.74, 6) is -0.852. The highest BCUT2D eigenvalue weighted by atomic mass is 32.2. The lowest BCUT2D eigenvalue weighted by atomic mass is 10.00. The molecule has 0 unspecified atom stereocenters. The van der Waals surface area contributed by atoms with Crippen LogP contribution in [0.4, 0.5) is 0 Å². The van der Waals surface area contributed by atoms with Gasteiger partial charge in [-0.1, -0.05) is 49.4 Å². The number of nitrogens with zero attached hydrogens (tertiary/aromatic N) is 2. The zero-order valence-electron chi connectivity index (χ0n) is 22.7. The van der Waals surface area contributed by atoms with Gasteiger partial charge in [0.1, 0.15) is 16.7 Å². The Balaban J connectivity index is 1.69. The minimum Gasteiger partial charge on any atom is -0.487 e. The van der Waals surface area contributed by atoms with Crippen LogP contribution in [0.2, 0.25) is 0 Å². The Bertz CT molecular complexity index is 1420. The van der Waals surface area contributed by atoms with Gasteiger partial charge in [0.05, 0.1) is 12.2 Å². The van der Waals surface area contributed by atoms with Crippen LogP contribution in [0.25, 0.3) is 11.1 Å². The summed E-state index contributed by atoms with van der Waals surface area (Å²) in [6.45, 7) is 6.67. The molecule has 39 heavy (non-hydrogen) atoms. The summed E-state index contributed by atoms with van der Waals surface area (Å²) in [6.07, 6.45) is -0.344. The molecule has 0 radical (unpaired) electrons. The zero-order valence-corrected chi connectivity index (χ0v) is 23.6. The normalized spacial score (nSPS) is 19.9. The van der Waals surface area contributed by atoms with Crippen molar-refractivity contribution in [3.8, 4) is 16.9 Å². The number of aromatic carboxylic acids is 1. The Morgan fingerprint density at radius 1 is 1.13 bits per heavy atom. The number of sulfonamides is 1. The maximum Gasteiger partial charge on any atom is 0.335 e. The van der Waals surface area contributed by atoms with E-state index in [0.29, 0.717) is 18.8 Å².